The van der Waals surface area contributed by atoms with Gasteiger partial charge < -0.3 is 20.5 Å². The van der Waals surface area contributed by atoms with Crippen LogP contribution in [0.1, 0.15) is 28.4 Å². The van der Waals surface area contributed by atoms with E-state index < -0.39 is 29.7 Å². The summed E-state index contributed by atoms with van der Waals surface area (Å²) in [5, 5.41) is 2.60. The highest BCUT2D eigenvalue weighted by Gasteiger charge is 2.31. The molecular weight excluding hydrogens is 377 g/mol. The van der Waals surface area contributed by atoms with Crippen LogP contribution in [-0.4, -0.2) is 25.1 Å². The Bertz CT molecular complexity index is 851. The molecule has 0 aliphatic rings. The van der Waals surface area contributed by atoms with Gasteiger partial charge >= 0.3 is 12.1 Å². The number of hydrogen-bond donors (Lipinski definition) is 2. The van der Waals surface area contributed by atoms with Gasteiger partial charge in [0, 0.05) is 12.2 Å². The van der Waals surface area contributed by atoms with Crippen LogP contribution in [-0.2, 0) is 22.3 Å². The molecule has 3 N–H and O–H groups in total. The van der Waals surface area contributed by atoms with E-state index in [1.807, 2.05) is 0 Å². The Labute approximate surface area is 159 Å². The number of carbonyl (C=O) groups excluding carboxylic acids is 2. The number of nitrogens with one attached hydrogen (secondary N) is 1. The molecule has 0 radical (unpaired) electrons. The van der Waals surface area contributed by atoms with Crippen molar-refractivity contribution in [3.63, 3.8) is 0 Å². The highest BCUT2D eigenvalue weighted by atomic mass is 19.4. The molecule has 0 saturated heterocycles. The van der Waals surface area contributed by atoms with E-state index in [-0.39, 0.29) is 17.8 Å². The SMILES string of the molecule is COc1ccc(CNC(=O)[C@@H](C)OC(=O)c2ccc(C(F)(F)F)cc2N)cc1. The smallest absolute Gasteiger partial charge is 0.416 e. The van der Waals surface area contributed by atoms with Crippen LogP contribution in [0.25, 0.3) is 0 Å². The molecule has 2 rings (SSSR count). The first kappa shape index (κ1) is 21.1. The standard InChI is InChI=1S/C19H19F3N2O4/c1-11(17(25)24-10-12-3-6-14(27-2)7-4-12)28-18(26)15-8-5-13(9-16(15)23)19(20,21)22/h3-9,11H,10,23H2,1-2H3,(H,24,25)/t11-/m1/s1. The Kier molecular flexibility index (Phi) is 6.50. The number of carbonyl (C=O) groups is 2. The third-order valence-corrected chi connectivity index (χ3v) is 3.88. The Morgan fingerprint density at radius 1 is 1.14 bits per heavy atom. The van der Waals surface area contributed by atoms with Crippen molar-refractivity contribution in [2.45, 2.75) is 25.7 Å². The number of halogens is 3. The Hall–Kier alpha value is -3.23. The summed E-state index contributed by atoms with van der Waals surface area (Å²) in [5.74, 6) is -0.875. The summed E-state index contributed by atoms with van der Waals surface area (Å²) in [6.45, 7) is 1.55. The number of esters is 1. The van der Waals surface area contributed by atoms with Crippen molar-refractivity contribution in [2.24, 2.45) is 0 Å². The molecule has 6 nitrogen and oxygen atoms in total. The molecule has 2 aromatic carbocycles. The lowest BCUT2D eigenvalue weighted by molar-refractivity contribution is -0.137. The van der Waals surface area contributed by atoms with Gasteiger partial charge in [0.2, 0.25) is 0 Å². The molecule has 0 aliphatic carbocycles. The van der Waals surface area contributed by atoms with Gasteiger partial charge in [0.15, 0.2) is 6.10 Å². The van der Waals surface area contributed by atoms with Crippen LogP contribution < -0.4 is 15.8 Å². The summed E-state index contributed by atoms with van der Waals surface area (Å²) in [5.41, 5.74) is 4.71. The first-order chi connectivity index (χ1) is 13.1. The summed E-state index contributed by atoms with van der Waals surface area (Å²) < 4.78 is 48.0. The molecule has 0 bridgehead atoms. The minimum absolute atomic E-state index is 0.202. The molecule has 2 aromatic rings. The maximum atomic E-state index is 12.7. The van der Waals surface area contributed by atoms with Gasteiger partial charge in [-0.25, -0.2) is 4.79 Å². The van der Waals surface area contributed by atoms with Crippen LogP contribution in [0.5, 0.6) is 5.75 Å². The fourth-order valence-electron chi connectivity index (χ4n) is 2.28. The van der Waals surface area contributed by atoms with Crippen LogP contribution in [0, 0.1) is 0 Å². The van der Waals surface area contributed by atoms with Gasteiger partial charge in [-0.15, -0.1) is 0 Å². The number of hydrogen-bond acceptors (Lipinski definition) is 5. The van der Waals surface area contributed by atoms with E-state index in [9.17, 15) is 22.8 Å². The molecular formula is C19H19F3N2O4. The number of anilines is 1. The predicted molar refractivity (Wildman–Crippen MR) is 95.6 cm³/mol. The van der Waals surface area contributed by atoms with Crippen LogP contribution >= 0.6 is 0 Å². The molecule has 0 unspecified atom stereocenters. The fourth-order valence-corrected chi connectivity index (χ4v) is 2.28. The number of rotatable bonds is 6. The van der Waals surface area contributed by atoms with Crippen molar-refractivity contribution in [2.75, 3.05) is 12.8 Å². The fraction of sp³-hybridized carbons (Fsp3) is 0.263. The normalized spacial score (nSPS) is 12.2. The van der Waals surface area contributed by atoms with Crippen LogP contribution in [0.2, 0.25) is 0 Å². The van der Waals surface area contributed by atoms with E-state index in [2.05, 4.69) is 5.32 Å². The topological polar surface area (TPSA) is 90.6 Å². The molecule has 0 aliphatic heterocycles. The summed E-state index contributed by atoms with van der Waals surface area (Å²) in [4.78, 5) is 24.2. The summed E-state index contributed by atoms with van der Waals surface area (Å²) in [6.07, 6.45) is -5.74. The summed E-state index contributed by atoms with van der Waals surface area (Å²) >= 11 is 0. The lowest BCUT2D eigenvalue weighted by Crippen LogP contribution is -2.35. The lowest BCUT2D eigenvalue weighted by Gasteiger charge is -2.15. The zero-order valence-electron chi connectivity index (χ0n) is 15.2. The van der Waals surface area contributed by atoms with E-state index in [0.717, 1.165) is 17.7 Å². The van der Waals surface area contributed by atoms with Crippen LogP contribution in [0.4, 0.5) is 18.9 Å². The highest BCUT2D eigenvalue weighted by Crippen LogP contribution is 2.31. The molecule has 0 fully saturated rings. The van der Waals surface area contributed by atoms with Crippen LogP contribution in [0.15, 0.2) is 42.5 Å². The van der Waals surface area contributed by atoms with E-state index in [1.54, 1.807) is 24.3 Å². The van der Waals surface area contributed by atoms with Gasteiger partial charge in [-0.3, -0.25) is 4.79 Å². The number of nitrogens with two attached hydrogens (primary N) is 1. The van der Waals surface area contributed by atoms with Crippen molar-refractivity contribution < 1.29 is 32.2 Å². The number of methoxy groups -OCH3 is 1. The van der Waals surface area contributed by atoms with Crippen molar-refractivity contribution >= 4 is 17.6 Å². The molecule has 0 heterocycles. The number of alkyl halides is 3. The zero-order valence-corrected chi connectivity index (χ0v) is 15.2. The second kappa shape index (κ2) is 8.64. The molecule has 0 aromatic heterocycles. The molecule has 9 heteroatoms. The zero-order chi connectivity index (χ0) is 20.9. The lowest BCUT2D eigenvalue weighted by atomic mass is 10.1. The average Bonchev–Trinajstić information content (AvgIpc) is 2.65. The molecule has 28 heavy (non-hydrogen) atoms. The number of amides is 1. The first-order valence-electron chi connectivity index (χ1n) is 8.20. The summed E-state index contributed by atoms with van der Waals surface area (Å²) in [7, 11) is 1.54. The van der Waals surface area contributed by atoms with Gasteiger partial charge in [0.25, 0.3) is 5.91 Å². The average molecular weight is 396 g/mol. The molecule has 1 atom stereocenters. The second-order valence-electron chi connectivity index (χ2n) is 5.91. The Morgan fingerprint density at radius 3 is 2.32 bits per heavy atom. The van der Waals surface area contributed by atoms with Gasteiger partial charge in [-0.1, -0.05) is 12.1 Å². The number of ether oxygens (including phenoxy) is 2. The first-order valence-corrected chi connectivity index (χ1v) is 8.20. The maximum absolute atomic E-state index is 12.7. The van der Waals surface area contributed by atoms with Crippen molar-refractivity contribution in [1.82, 2.24) is 5.32 Å². The molecule has 1 amide bonds. The van der Waals surface area contributed by atoms with E-state index >= 15 is 0 Å². The van der Waals surface area contributed by atoms with E-state index in [0.29, 0.717) is 11.8 Å². The van der Waals surface area contributed by atoms with Gasteiger partial charge in [0.1, 0.15) is 5.75 Å². The quantitative estimate of drug-likeness (QED) is 0.578. The Balaban J connectivity index is 1.94. The van der Waals surface area contributed by atoms with Crippen LogP contribution in [0.3, 0.4) is 0 Å². The van der Waals surface area contributed by atoms with E-state index in [4.69, 9.17) is 15.2 Å². The predicted octanol–water partition coefficient (Wildman–Crippen LogP) is 3.16. The molecule has 150 valence electrons. The van der Waals surface area contributed by atoms with Crippen molar-refractivity contribution in [1.29, 1.82) is 0 Å². The molecule has 0 spiro atoms. The minimum Gasteiger partial charge on any atom is -0.497 e. The summed E-state index contributed by atoms with van der Waals surface area (Å²) in [6, 6.07) is 9.28. The van der Waals surface area contributed by atoms with Crippen molar-refractivity contribution in [3.05, 3.63) is 59.2 Å². The van der Waals surface area contributed by atoms with Crippen molar-refractivity contribution in [3.8, 4) is 5.75 Å². The number of benzene rings is 2. The largest absolute Gasteiger partial charge is 0.497 e. The minimum atomic E-state index is -4.58. The van der Waals surface area contributed by atoms with Gasteiger partial charge in [0.05, 0.1) is 18.2 Å². The number of nitrogen functional groups attached to an aromatic ring is 1. The second-order valence-corrected chi connectivity index (χ2v) is 5.91. The van der Waals surface area contributed by atoms with Gasteiger partial charge in [-0.2, -0.15) is 13.2 Å². The van der Waals surface area contributed by atoms with E-state index in [1.165, 1.54) is 14.0 Å². The maximum Gasteiger partial charge on any atom is 0.416 e. The third kappa shape index (κ3) is 5.38. The molecule has 0 saturated carbocycles. The third-order valence-electron chi connectivity index (χ3n) is 3.88. The van der Waals surface area contributed by atoms with Gasteiger partial charge in [-0.05, 0) is 42.8 Å². The Morgan fingerprint density at radius 2 is 1.79 bits per heavy atom. The highest BCUT2D eigenvalue weighted by molar-refractivity contribution is 5.96. The monoisotopic (exact) mass is 396 g/mol.